The summed E-state index contributed by atoms with van der Waals surface area (Å²) in [5, 5.41) is 0. The highest BCUT2D eigenvalue weighted by atomic mass is 16.2. The van der Waals surface area contributed by atoms with E-state index in [9.17, 15) is 4.79 Å². The molecular formula is C25H36N4O+2. The molecule has 2 aromatic carbocycles. The molecule has 5 nitrogen and oxygen atoms in total. The third kappa shape index (κ3) is 5.02. The van der Waals surface area contributed by atoms with Gasteiger partial charge in [-0.25, -0.2) is 0 Å². The van der Waals surface area contributed by atoms with Gasteiger partial charge in [-0.1, -0.05) is 42.5 Å². The summed E-state index contributed by atoms with van der Waals surface area (Å²) in [5.74, 6) is 0.331. The molecule has 30 heavy (non-hydrogen) atoms. The van der Waals surface area contributed by atoms with E-state index in [1.807, 2.05) is 0 Å². The molecule has 2 N–H and O–H groups in total. The predicted molar refractivity (Wildman–Crippen MR) is 121 cm³/mol. The zero-order valence-corrected chi connectivity index (χ0v) is 18.5. The number of quaternary nitrogens is 2. The van der Waals surface area contributed by atoms with Crippen LogP contribution in [0.4, 0.5) is 5.69 Å². The summed E-state index contributed by atoms with van der Waals surface area (Å²) in [6.07, 6.45) is 0. The lowest BCUT2D eigenvalue weighted by Crippen LogP contribution is -3.28. The summed E-state index contributed by atoms with van der Waals surface area (Å²) >= 11 is 0. The van der Waals surface area contributed by atoms with Crippen molar-refractivity contribution in [3.05, 3.63) is 65.2 Å². The molecule has 0 atom stereocenters. The van der Waals surface area contributed by atoms with Gasteiger partial charge in [0.05, 0.1) is 0 Å². The van der Waals surface area contributed by atoms with E-state index in [0.29, 0.717) is 12.5 Å². The van der Waals surface area contributed by atoms with E-state index in [1.54, 1.807) is 4.90 Å². The van der Waals surface area contributed by atoms with Gasteiger partial charge in [-0.15, -0.1) is 0 Å². The minimum absolute atomic E-state index is 0.331. The first-order valence-electron chi connectivity index (χ1n) is 11.4. The van der Waals surface area contributed by atoms with Gasteiger partial charge in [0, 0.05) is 37.4 Å². The van der Waals surface area contributed by atoms with Gasteiger partial charge < -0.3 is 19.6 Å². The normalized spacial score (nSPS) is 22.2. The zero-order chi connectivity index (χ0) is 20.9. The van der Waals surface area contributed by atoms with Gasteiger partial charge in [-0.3, -0.25) is 4.79 Å². The average Bonchev–Trinajstić information content (AvgIpc) is 2.78. The van der Waals surface area contributed by atoms with Gasteiger partial charge >= 0.3 is 0 Å². The summed E-state index contributed by atoms with van der Waals surface area (Å²) in [7, 11) is 0. The molecule has 2 heterocycles. The minimum Gasteiger partial charge on any atom is -0.368 e. The molecule has 5 heteroatoms. The van der Waals surface area contributed by atoms with E-state index in [-0.39, 0.29) is 0 Å². The second-order valence-electron chi connectivity index (χ2n) is 8.93. The Morgan fingerprint density at radius 3 is 2.20 bits per heavy atom. The summed E-state index contributed by atoms with van der Waals surface area (Å²) in [6.45, 7) is 14.2. The molecule has 2 fully saturated rings. The molecule has 0 saturated carbocycles. The maximum atomic E-state index is 12.9. The highest BCUT2D eigenvalue weighted by Gasteiger charge is 2.28. The van der Waals surface area contributed by atoms with E-state index in [1.165, 1.54) is 27.3 Å². The van der Waals surface area contributed by atoms with E-state index >= 15 is 0 Å². The lowest BCUT2D eigenvalue weighted by atomic mass is 10.1. The van der Waals surface area contributed by atoms with Crippen LogP contribution < -0.4 is 14.7 Å². The number of hydrogen-bond donors (Lipinski definition) is 2. The van der Waals surface area contributed by atoms with E-state index in [0.717, 1.165) is 58.9 Å². The number of carbonyl (C=O) groups is 1. The molecule has 0 aromatic heterocycles. The number of benzene rings is 2. The highest BCUT2D eigenvalue weighted by Crippen LogP contribution is 2.23. The Morgan fingerprint density at radius 2 is 1.50 bits per heavy atom. The number of rotatable bonds is 5. The molecule has 0 bridgehead atoms. The fourth-order valence-corrected chi connectivity index (χ4v) is 4.80. The van der Waals surface area contributed by atoms with Crippen molar-refractivity contribution < 1.29 is 14.6 Å². The van der Waals surface area contributed by atoms with Gasteiger partial charge in [-0.05, 0) is 31.0 Å². The largest absolute Gasteiger partial charge is 0.368 e. The molecule has 2 saturated heterocycles. The van der Waals surface area contributed by atoms with Crippen LogP contribution in [0.2, 0.25) is 0 Å². The number of anilines is 1. The SMILES string of the molecule is Cc1cccc(N2CCN(C(=O)C[NH+]3CC[NH+](Cc4ccccc4)CC3)CC2)c1C. The van der Waals surface area contributed by atoms with Crippen molar-refractivity contribution in [2.45, 2.75) is 20.4 Å². The first-order chi connectivity index (χ1) is 14.6. The number of nitrogens with one attached hydrogen (secondary N) is 2. The van der Waals surface area contributed by atoms with Gasteiger partial charge in [0.1, 0.15) is 32.7 Å². The van der Waals surface area contributed by atoms with E-state index in [2.05, 4.69) is 72.2 Å². The molecule has 2 aromatic rings. The van der Waals surface area contributed by atoms with Crippen molar-refractivity contribution in [3.8, 4) is 0 Å². The zero-order valence-electron chi connectivity index (χ0n) is 18.5. The number of carbonyl (C=O) groups excluding carboxylic acids is 1. The quantitative estimate of drug-likeness (QED) is 0.727. The van der Waals surface area contributed by atoms with Crippen molar-refractivity contribution in [3.63, 3.8) is 0 Å². The summed E-state index contributed by atoms with van der Waals surface area (Å²) in [5.41, 5.74) is 5.43. The second-order valence-corrected chi connectivity index (χ2v) is 8.93. The Kier molecular flexibility index (Phi) is 6.70. The highest BCUT2D eigenvalue weighted by molar-refractivity contribution is 5.77. The summed E-state index contributed by atoms with van der Waals surface area (Å²) in [4.78, 5) is 20.5. The first kappa shape index (κ1) is 20.9. The van der Waals surface area contributed by atoms with Crippen LogP contribution in [0.25, 0.3) is 0 Å². The lowest BCUT2D eigenvalue weighted by Gasteiger charge is -2.37. The lowest BCUT2D eigenvalue weighted by molar-refractivity contribution is -1.02. The summed E-state index contributed by atoms with van der Waals surface area (Å²) in [6, 6.07) is 17.3. The van der Waals surface area contributed by atoms with Gasteiger partial charge in [-0.2, -0.15) is 0 Å². The van der Waals surface area contributed by atoms with Gasteiger partial charge in [0.25, 0.3) is 5.91 Å². The molecule has 2 aliphatic heterocycles. The number of piperazine rings is 2. The second kappa shape index (κ2) is 9.63. The molecule has 0 radical (unpaired) electrons. The molecule has 4 rings (SSSR count). The smallest absolute Gasteiger partial charge is 0.277 e. The van der Waals surface area contributed by atoms with E-state index < -0.39 is 0 Å². The van der Waals surface area contributed by atoms with Gasteiger partial charge in [0.2, 0.25) is 0 Å². The fraction of sp³-hybridized carbons (Fsp3) is 0.480. The first-order valence-corrected chi connectivity index (χ1v) is 11.4. The maximum absolute atomic E-state index is 12.9. The molecule has 0 unspecified atom stereocenters. The van der Waals surface area contributed by atoms with Crippen LogP contribution in [0.3, 0.4) is 0 Å². The Labute approximate surface area is 180 Å². The monoisotopic (exact) mass is 408 g/mol. The molecule has 0 spiro atoms. The molecule has 160 valence electrons. The van der Waals surface area contributed by atoms with Crippen molar-refractivity contribution in [1.82, 2.24) is 4.90 Å². The maximum Gasteiger partial charge on any atom is 0.277 e. The molecule has 1 amide bonds. The van der Waals surface area contributed by atoms with Gasteiger partial charge in [0.15, 0.2) is 6.54 Å². The Morgan fingerprint density at radius 1 is 0.833 bits per heavy atom. The topological polar surface area (TPSA) is 32.4 Å². The predicted octanol–water partition coefficient (Wildman–Crippen LogP) is -0.0644. The number of nitrogens with zero attached hydrogens (tertiary/aromatic N) is 2. The van der Waals surface area contributed by atoms with Crippen LogP contribution >= 0.6 is 0 Å². The third-order valence-corrected chi connectivity index (χ3v) is 6.91. The number of hydrogen-bond acceptors (Lipinski definition) is 2. The molecular weight excluding hydrogens is 372 g/mol. The number of amides is 1. The molecule has 2 aliphatic rings. The van der Waals surface area contributed by atoms with Crippen LogP contribution in [0.1, 0.15) is 16.7 Å². The fourth-order valence-electron chi connectivity index (χ4n) is 4.80. The average molecular weight is 409 g/mol. The minimum atomic E-state index is 0.331. The standard InChI is InChI=1S/C25H34N4O/c1-21-7-6-10-24(22(21)2)28-15-17-29(18-16-28)25(30)20-27-13-11-26(12-14-27)19-23-8-4-3-5-9-23/h3-10H,11-20H2,1-2H3/p+2. The Balaban J connectivity index is 1.21. The molecule has 0 aliphatic carbocycles. The van der Waals surface area contributed by atoms with Crippen molar-refractivity contribution in [1.29, 1.82) is 0 Å². The van der Waals surface area contributed by atoms with E-state index in [4.69, 9.17) is 0 Å². The van der Waals surface area contributed by atoms with Crippen LogP contribution in [0, 0.1) is 13.8 Å². The van der Waals surface area contributed by atoms with Crippen molar-refractivity contribution >= 4 is 11.6 Å². The number of aryl methyl sites for hydroxylation is 1. The summed E-state index contributed by atoms with van der Waals surface area (Å²) < 4.78 is 0. The third-order valence-electron chi connectivity index (χ3n) is 6.91. The Bertz CT molecular complexity index is 837. The van der Waals surface area contributed by atoms with Crippen LogP contribution in [-0.4, -0.2) is 69.7 Å². The van der Waals surface area contributed by atoms with Crippen LogP contribution in [0.5, 0.6) is 0 Å². The van der Waals surface area contributed by atoms with Crippen LogP contribution in [-0.2, 0) is 11.3 Å². The van der Waals surface area contributed by atoms with Crippen LogP contribution in [0.15, 0.2) is 48.5 Å². The van der Waals surface area contributed by atoms with Crippen molar-refractivity contribution in [2.75, 3.05) is 63.8 Å². The van der Waals surface area contributed by atoms with Crippen molar-refractivity contribution in [2.24, 2.45) is 0 Å². The Hall–Kier alpha value is -2.37.